The highest BCUT2D eigenvalue weighted by atomic mass is 14.8. The van der Waals surface area contributed by atoms with Crippen LogP contribution in [0, 0.1) is 83.1 Å². The van der Waals surface area contributed by atoms with Crippen molar-refractivity contribution in [1.82, 2.24) is 19.9 Å². The van der Waals surface area contributed by atoms with E-state index >= 15 is 0 Å². The molecule has 0 amide bonds. The molecule has 0 saturated carbocycles. The third-order valence-electron chi connectivity index (χ3n) is 16.2. The molecule has 0 fully saturated rings. The Hall–Kier alpha value is -7.43. The smallest absolute Gasteiger partial charge is 0.242 e. The Balaban J connectivity index is 0.000000182. The van der Waals surface area contributed by atoms with Gasteiger partial charge in [-0.1, -0.05) is 197 Å². The Morgan fingerprint density at radius 2 is 0.514 bits per heavy atom. The maximum atomic E-state index is 3.51. The molecular weight excluding hydrogens is 894 g/mol. The summed E-state index contributed by atoms with van der Waals surface area (Å²) in [6.07, 6.45) is 8.06. The van der Waals surface area contributed by atoms with Crippen LogP contribution in [0.15, 0.2) is 170 Å². The first kappa shape index (κ1) is 51.5. The zero-order valence-electron chi connectivity index (χ0n) is 46.3. The maximum absolute atomic E-state index is 3.51. The van der Waals surface area contributed by atoms with Gasteiger partial charge in [0.25, 0.3) is 0 Å². The molecule has 10 aromatic rings. The number of rotatable bonds is 12. The number of hydrogen-bond acceptors (Lipinski definition) is 0. The van der Waals surface area contributed by atoms with E-state index in [4.69, 9.17) is 0 Å². The van der Waals surface area contributed by atoms with Gasteiger partial charge in [-0.3, -0.25) is 0 Å². The van der Waals surface area contributed by atoms with E-state index in [1.165, 1.54) is 133 Å². The van der Waals surface area contributed by atoms with E-state index in [9.17, 15) is 0 Å². The predicted molar refractivity (Wildman–Crippen MR) is 319 cm³/mol. The van der Waals surface area contributed by atoms with E-state index in [-0.39, 0.29) is 24.3 Å². The van der Waals surface area contributed by atoms with Crippen molar-refractivity contribution < 1.29 is 0 Å². The highest BCUT2D eigenvalue weighted by Gasteiger charge is 2.37. The third-order valence-corrected chi connectivity index (χ3v) is 16.2. The zero-order valence-corrected chi connectivity index (χ0v) is 46.3. The van der Waals surface area contributed by atoms with Gasteiger partial charge >= 0.3 is 0 Å². The van der Waals surface area contributed by atoms with Gasteiger partial charge in [0.2, 0.25) is 13.4 Å². The Morgan fingerprint density at radius 3 is 0.716 bits per heavy atom. The zero-order chi connectivity index (χ0) is 52.6. The molecule has 6 aromatic carbocycles. The Bertz CT molecular complexity index is 3040. The molecule has 4 aromatic heterocycles. The fourth-order valence-electron chi connectivity index (χ4n) is 13.1. The highest BCUT2D eigenvalue weighted by Crippen LogP contribution is 2.38. The van der Waals surface area contributed by atoms with Crippen molar-refractivity contribution in [2.24, 2.45) is 0 Å². The van der Waals surface area contributed by atoms with Gasteiger partial charge in [-0.2, -0.15) is 0 Å². The minimum Gasteiger partial charge on any atom is -0.364 e. The summed E-state index contributed by atoms with van der Waals surface area (Å²) in [6.45, 7) is 31.9. The Morgan fingerprint density at radius 1 is 0.284 bits per heavy atom. The number of benzene rings is 6. The summed E-state index contributed by atoms with van der Waals surface area (Å²) in [7, 11) is 0. The van der Waals surface area contributed by atoms with Gasteiger partial charge in [0.15, 0.2) is 0 Å². The van der Waals surface area contributed by atoms with Crippen LogP contribution < -0.4 is 32.8 Å². The highest BCUT2D eigenvalue weighted by molar-refractivity contribution is 6.97. The fourth-order valence-corrected chi connectivity index (χ4v) is 13.1. The number of aromatic nitrogens is 4. The molecule has 0 radical (unpaired) electrons. The molecule has 74 heavy (non-hydrogen) atoms. The second-order valence-corrected chi connectivity index (χ2v) is 22.0. The number of aryl methyl sites for hydroxylation is 12. The van der Waals surface area contributed by atoms with Gasteiger partial charge in [0.05, 0.1) is 10.8 Å². The van der Waals surface area contributed by atoms with Gasteiger partial charge in [0.1, 0.15) is 0 Å². The van der Waals surface area contributed by atoms with Crippen LogP contribution in [-0.4, -0.2) is 33.4 Å². The lowest BCUT2D eigenvalue weighted by atomic mass is 9.34. The Labute approximate surface area is 442 Å². The number of aromatic amines is 4. The van der Waals surface area contributed by atoms with Gasteiger partial charge in [-0.05, 0) is 157 Å². The van der Waals surface area contributed by atoms with E-state index in [0.717, 1.165) is 0 Å². The first-order chi connectivity index (χ1) is 35.4. The number of H-pyrrole nitrogens is 4. The van der Waals surface area contributed by atoms with Crippen LogP contribution >= 0.6 is 0 Å². The molecule has 10 rings (SSSR count). The Kier molecular flexibility index (Phi) is 14.5. The molecule has 0 bridgehead atoms. The van der Waals surface area contributed by atoms with Crippen molar-refractivity contribution in [3.63, 3.8) is 0 Å². The van der Waals surface area contributed by atoms with Crippen molar-refractivity contribution in [3.8, 4) is 0 Å². The molecule has 0 atom stereocenters. The first-order valence-electron chi connectivity index (χ1n) is 26.5. The van der Waals surface area contributed by atoms with Gasteiger partial charge in [0, 0.05) is 47.6 Å². The average Bonchev–Trinajstić information content (AvgIpc) is 4.22. The standard InChI is InChI=1S/2C34H37BN2/c2*1-22-17-24(3)32(25(4)18-22)35(33-26(5)19-23(2)20-27(33)6)29-12-8-11-28(21-29)34(7,30-13-9-15-36-30)31-14-10-16-37-31/h2*8-21,36-37H,1-7H3. The second kappa shape index (κ2) is 20.8. The molecular formula is C68H74B2N4. The van der Waals surface area contributed by atoms with E-state index in [2.05, 4.69) is 262 Å². The monoisotopic (exact) mass is 969 g/mol. The summed E-state index contributed by atoms with van der Waals surface area (Å²) >= 11 is 0. The van der Waals surface area contributed by atoms with Crippen molar-refractivity contribution in [2.45, 2.75) is 108 Å². The lowest BCUT2D eigenvalue weighted by Gasteiger charge is -2.31. The summed E-state index contributed by atoms with van der Waals surface area (Å²) < 4.78 is 0. The third kappa shape index (κ3) is 9.63. The second-order valence-electron chi connectivity index (χ2n) is 22.0. The molecule has 0 aliphatic carbocycles. The minimum atomic E-state index is -0.331. The fraction of sp³-hybridized carbons (Fsp3) is 0.235. The summed E-state index contributed by atoms with van der Waals surface area (Å²) in [5, 5.41) is 0. The average molecular weight is 969 g/mol. The molecule has 4 heterocycles. The molecule has 0 spiro atoms. The molecule has 0 unspecified atom stereocenters. The van der Waals surface area contributed by atoms with E-state index in [0.29, 0.717) is 0 Å². The van der Waals surface area contributed by atoms with Crippen LogP contribution in [0.25, 0.3) is 0 Å². The van der Waals surface area contributed by atoms with Crippen LogP contribution in [0.2, 0.25) is 0 Å². The molecule has 0 aliphatic heterocycles. The van der Waals surface area contributed by atoms with Crippen LogP contribution in [0.3, 0.4) is 0 Å². The van der Waals surface area contributed by atoms with Gasteiger partial charge in [-0.15, -0.1) is 0 Å². The summed E-state index contributed by atoms with van der Waals surface area (Å²) in [6, 6.07) is 54.3. The number of hydrogen-bond donors (Lipinski definition) is 4. The summed E-state index contributed by atoms with van der Waals surface area (Å²) in [5.41, 5.74) is 31.0. The van der Waals surface area contributed by atoms with E-state index in [1.54, 1.807) is 0 Å². The van der Waals surface area contributed by atoms with Crippen LogP contribution in [0.5, 0.6) is 0 Å². The van der Waals surface area contributed by atoms with Gasteiger partial charge < -0.3 is 19.9 Å². The quantitative estimate of drug-likeness (QED) is 0.0882. The SMILES string of the molecule is Cc1cc(C)c(B(c2cccc(C(C)(c3ccc[nH]3)c3ccc[nH]3)c2)c2c(C)cc(C)cc2C)c(C)c1.Cc1cc(C)c(B(c2cccc(C(C)(c3ccc[nH]3)c3ccc[nH]3)c2)c2c(C)cc(C)cc2C)c(C)c1. The van der Waals surface area contributed by atoms with Crippen LogP contribution in [0.1, 0.15) is 115 Å². The summed E-state index contributed by atoms with van der Waals surface area (Å²) in [5.74, 6) is 0. The van der Waals surface area contributed by atoms with E-state index in [1.807, 2.05) is 24.8 Å². The molecule has 0 aliphatic rings. The lowest BCUT2D eigenvalue weighted by molar-refractivity contribution is 0.651. The van der Waals surface area contributed by atoms with Crippen LogP contribution in [0.4, 0.5) is 0 Å². The van der Waals surface area contributed by atoms with Crippen molar-refractivity contribution in [3.05, 3.63) is 271 Å². The first-order valence-corrected chi connectivity index (χ1v) is 26.5. The van der Waals surface area contributed by atoms with Crippen molar-refractivity contribution >= 4 is 46.2 Å². The molecule has 6 heteroatoms. The molecule has 0 saturated heterocycles. The predicted octanol–water partition coefficient (Wildman–Crippen LogP) is 12.1. The topological polar surface area (TPSA) is 63.2 Å². The minimum absolute atomic E-state index is 0.151. The van der Waals surface area contributed by atoms with Crippen LogP contribution in [-0.2, 0) is 10.8 Å². The normalized spacial score (nSPS) is 11.6. The molecule has 4 N–H and O–H groups in total. The number of nitrogens with one attached hydrogen (secondary N) is 4. The van der Waals surface area contributed by atoms with E-state index < -0.39 is 0 Å². The van der Waals surface area contributed by atoms with Crippen molar-refractivity contribution in [2.75, 3.05) is 0 Å². The maximum Gasteiger partial charge on any atom is 0.242 e. The van der Waals surface area contributed by atoms with Gasteiger partial charge in [-0.25, -0.2) is 0 Å². The lowest BCUT2D eigenvalue weighted by Crippen LogP contribution is -2.56. The summed E-state index contributed by atoms with van der Waals surface area (Å²) in [4.78, 5) is 14.0. The molecule has 372 valence electrons. The van der Waals surface area contributed by atoms with Crippen molar-refractivity contribution in [1.29, 1.82) is 0 Å². The molecule has 4 nitrogen and oxygen atoms in total. The largest absolute Gasteiger partial charge is 0.364 e.